The van der Waals surface area contributed by atoms with E-state index in [1.807, 2.05) is 42.2 Å². The van der Waals surface area contributed by atoms with Gasteiger partial charge in [0, 0.05) is 30.1 Å². The number of nitrogens with two attached hydrogens (primary N) is 1. The molecule has 3 N–H and O–H groups in total. The summed E-state index contributed by atoms with van der Waals surface area (Å²) < 4.78 is 35.6. The van der Waals surface area contributed by atoms with E-state index in [0.717, 1.165) is 29.4 Å². The topological polar surface area (TPSA) is 127 Å². The van der Waals surface area contributed by atoms with Gasteiger partial charge in [-0.1, -0.05) is 24.3 Å². The predicted octanol–water partition coefficient (Wildman–Crippen LogP) is 2.85. The number of nitrogens with zero attached hydrogens (tertiary/aromatic N) is 3. The summed E-state index contributed by atoms with van der Waals surface area (Å²) in [4.78, 5) is 19.9. The van der Waals surface area contributed by atoms with Crippen LogP contribution in [0.5, 0.6) is 5.75 Å². The third kappa shape index (κ3) is 4.28. The molecule has 1 fully saturated rings. The number of amides is 1. The number of carbonyl (C=O) groups is 1. The van der Waals surface area contributed by atoms with E-state index in [-0.39, 0.29) is 17.7 Å². The highest BCUT2D eigenvalue weighted by atomic mass is 32.2. The van der Waals surface area contributed by atoms with E-state index in [2.05, 4.69) is 14.1 Å². The van der Waals surface area contributed by atoms with Crippen LogP contribution < -0.4 is 15.2 Å². The Hall–Kier alpha value is -3.66. The molecule has 0 saturated carbocycles. The normalized spacial score (nSPS) is 19.1. The van der Waals surface area contributed by atoms with Crippen LogP contribution in [0.25, 0.3) is 10.9 Å². The zero-order valence-electron chi connectivity index (χ0n) is 18.7. The van der Waals surface area contributed by atoms with Crippen LogP contribution in [0.2, 0.25) is 0 Å². The van der Waals surface area contributed by atoms with Gasteiger partial charge in [0.15, 0.2) is 5.84 Å². The van der Waals surface area contributed by atoms with Crippen molar-refractivity contribution < 1.29 is 17.9 Å². The minimum absolute atomic E-state index is 0.00530. The number of likely N-dealkylation sites (tertiary alicyclic amines) is 1. The number of rotatable bonds is 4. The number of fused-ring (bicyclic) bond motifs is 2. The van der Waals surface area contributed by atoms with Gasteiger partial charge in [0.2, 0.25) is 0 Å². The highest BCUT2D eigenvalue weighted by Gasteiger charge is 2.28. The maximum absolute atomic E-state index is 13.4. The van der Waals surface area contributed by atoms with Gasteiger partial charge in [-0.25, -0.2) is 0 Å². The number of ether oxygens (including phenoxy) is 1. The Morgan fingerprint density at radius 1 is 1.24 bits per heavy atom. The summed E-state index contributed by atoms with van der Waals surface area (Å²) in [5, 5.41) is 0.851. The van der Waals surface area contributed by atoms with Gasteiger partial charge in [0.05, 0.1) is 28.9 Å². The van der Waals surface area contributed by atoms with Crippen molar-refractivity contribution in [2.75, 3.05) is 24.4 Å². The van der Waals surface area contributed by atoms with Crippen molar-refractivity contribution in [2.24, 2.45) is 16.0 Å². The first kappa shape index (κ1) is 22.1. The second-order valence-corrected chi connectivity index (χ2v) is 9.97. The van der Waals surface area contributed by atoms with Crippen molar-refractivity contribution >= 4 is 38.5 Å². The maximum atomic E-state index is 13.4. The van der Waals surface area contributed by atoms with Gasteiger partial charge >= 0.3 is 10.2 Å². The summed E-state index contributed by atoms with van der Waals surface area (Å²) in [5.74, 6) is 0.473. The molecule has 9 nitrogen and oxygen atoms in total. The Balaban J connectivity index is 1.32. The van der Waals surface area contributed by atoms with Gasteiger partial charge in [0.25, 0.3) is 5.91 Å². The largest absolute Gasteiger partial charge is 0.492 e. The zero-order valence-corrected chi connectivity index (χ0v) is 19.5. The minimum atomic E-state index is -3.85. The van der Waals surface area contributed by atoms with Gasteiger partial charge in [-0.2, -0.15) is 8.42 Å². The van der Waals surface area contributed by atoms with Gasteiger partial charge in [-0.15, -0.1) is 4.40 Å². The Bertz CT molecular complexity index is 1420. The van der Waals surface area contributed by atoms with Crippen LogP contribution in [0.3, 0.4) is 0 Å². The number of benzene rings is 2. The van der Waals surface area contributed by atoms with Gasteiger partial charge < -0.3 is 15.4 Å². The van der Waals surface area contributed by atoms with Crippen LogP contribution in [0.4, 0.5) is 5.69 Å². The average molecular weight is 480 g/mol. The first-order valence-corrected chi connectivity index (χ1v) is 12.5. The van der Waals surface area contributed by atoms with E-state index in [0.29, 0.717) is 42.3 Å². The monoisotopic (exact) mass is 479 g/mol. The molecule has 2 aliphatic rings. The van der Waals surface area contributed by atoms with Gasteiger partial charge in [-0.05, 0) is 44.0 Å². The molecule has 3 aromatic rings. The van der Waals surface area contributed by atoms with Crippen LogP contribution in [-0.4, -0.2) is 49.7 Å². The lowest BCUT2D eigenvalue weighted by Gasteiger charge is -2.33. The number of pyridine rings is 1. The third-order valence-corrected chi connectivity index (χ3v) is 7.01. The Morgan fingerprint density at radius 3 is 2.91 bits per heavy atom. The highest BCUT2D eigenvalue weighted by Crippen LogP contribution is 2.31. The summed E-state index contributed by atoms with van der Waals surface area (Å²) in [6.07, 6.45) is 1.79. The maximum Gasteiger partial charge on any atom is 0.344 e. The number of amidine groups is 1. The number of piperidine rings is 1. The number of para-hydroxylation sites is 1. The standard InChI is InChI=1S/C24H25N5O4S/c1-15-12-18(17-7-2-3-8-19(17)26-15)24(30)29-11-5-6-16(13-29)14-33-21-10-4-9-20-22(21)23(25)28-34(31,32)27-20/h2-4,7-10,12,16,27H,5-6,11,13-14H2,1H3,(H2,25,28). The van der Waals surface area contributed by atoms with Crippen molar-refractivity contribution in [1.82, 2.24) is 9.88 Å². The number of aryl methyl sites for hydroxylation is 1. The van der Waals surface area contributed by atoms with Crippen LogP contribution in [-0.2, 0) is 10.2 Å². The molecular formula is C24H25N5O4S. The molecule has 3 heterocycles. The van der Waals surface area contributed by atoms with Crippen LogP contribution in [0, 0.1) is 12.8 Å². The molecule has 1 unspecified atom stereocenters. The lowest BCUT2D eigenvalue weighted by Crippen LogP contribution is -2.41. The number of aromatic nitrogens is 1. The number of hydrogen-bond donors (Lipinski definition) is 2. The molecule has 176 valence electrons. The van der Waals surface area contributed by atoms with Crippen LogP contribution >= 0.6 is 0 Å². The lowest BCUT2D eigenvalue weighted by atomic mass is 9.97. The molecule has 2 aliphatic heterocycles. The number of nitrogens with one attached hydrogen (secondary N) is 1. The Labute approximate surface area is 197 Å². The first-order chi connectivity index (χ1) is 16.3. The molecule has 1 amide bonds. The molecule has 1 saturated heterocycles. The number of anilines is 1. The SMILES string of the molecule is Cc1cc(C(=O)N2CCCC(COc3cccc4c3C(N)=NS(=O)(=O)N4)C2)c2ccccc2n1. The predicted molar refractivity (Wildman–Crippen MR) is 130 cm³/mol. The van der Waals surface area contributed by atoms with Crippen molar-refractivity contribution in [3.05, 3.63) is 65.4 Å². The smallest absolute Gasteiger partial charge is 0.344 e. The molecule has 34 heavy (non-hydrogen) atoms. The summed E-state index contributed by atoms with van der Waals surface area (Å²) in [7, 11) is -3.85. The van der Waals surface area contributed by atoms with Crippen molar-refractivity contribution in [3.63, 3.8) is 0 Å². The second-order valence-electron chi connectivity index (χ2n) is 8.63. The quantitative estimate of drug-likeness (QED) is 0.592. The fourth-order valence-corrected chi connectivity index (χ4v) is 5.43. The molecule has 2 aromatic carbocycles. The van der Waals surface area contributed by atoms with E-state index in [4.69, 9.17) is 10.5 Å². The molecule has 10 heteroatoms. The van der Waals surface area contributed by atoms with Crippen molar-refractivity contribution in [1.29, 1.82) is 0 Å². The molecule has 0 radical (unpaired) electrons. The first-order valence-electron chi connectivity index (χ1n) is 11.1. The molecule has 1 atom stereocenters. The molecule has 5 rings (SSSR count). The van der Waals surface area contributed by atoms with Crippen LogP contribution in [0.1, 0.15) is 34.5 Å². The van der Waals surface area contributed by atoms with E-state index in [9.17, 15) is 13.2 Å². The summed E-state index contributed by atoms with van der Waals surface area (Å²) in [5.41, 5.74) is 8.96. The molecule has 0 bridgehead atoms. The van der Waals surface area contributed by atoms with Gasteiger partial charge in [-0.3, -0.25) is 14.5 Å². The van der Waals surface area contributed by atoms with E-state index in [1.165, 1.54) is 0 Å². The number of hydrogen-bond acceptors (Lipinski definition) is 6. The molecule has 0 spiro atoms. The Kier molecular flexibility index (Phi) is 5.60. The molecule has 0 aliphatic carbocycles. The zero-order chi connectivity index (χ0) is 23.9. The van der Waals surface area contributed by atoms with Gasteiger partial charge in [0.1, 0.15) is 5.75 Å². The Morgan fingerprint density at radius 2 is 2.06 bits per heavy atom. The number of carbonyl (C=O) groups excluding carboxylic acids is 1. The van der Waals surface area contributed by atoms with E-state index in [1.54, 1.807) is 18.2 Å². The van der Waals surface area contributed by atoms with Crippen molar-refractivity contribution in [3.8, 4) is 5.75 Å². The lowest BCUT2D eigenvalue weighted by molar-refractivity contribution is 0.0635. The second kappa shape index (κ2) is 8.60. The average Bonchev–Trinajstić information content (AvgIpc) is 2.81. The molecular weight excluding hydrogens is 454 g/mol. The van der Waals surface area contributed by atoms with Crippen LogP contribution in [0.15, 0.2) is 52.9 Å². The fourth-order valence-electron chi connectivity index (χ4n) is 4.59. The van der Waals surface area contributed by atoms with E-state index < -0.39 is 10.2 Å². The minimum Gasteiger partial charge on any atom is -0.492 e. The third-order valence-electron chi connectivity index (χ3n) is 6.10. The summed E-state index contributed by atoms with van der Waals surface area (Å²) in [6.45, 7) is 3.52. The highest BCUT2D eigenvalue weighted by molar-refractivity contribution is 7.91. The van der Waals surface area contributed by atoms with Crippen molar-refractivity contribution in [2.45, 2.75) is 19.8 Å². The summed E-state index contributed by atoms with van der Waals surface area (Å²) in [6, 6.07) is 14.6. The van der Waals surface area contributed by atoms with E-state index >= 15 is 0 Å². The summed E-state index contributed by atoms with van der Waals surface area (Å²) >= 11 is 0. The fraction of sp³-hybridized carbons (Fsp3) is 0.292. The molecule has 1 aromatic heterocycles.